The molecule has 0 saturated carbocycles. The molecule has 0 amide bonds. The van der Waals surface area contributed by atoms with Crippen LogP contribution in [0, 0.1) is 18.3 Å². The molecule has 0 radical (unpaired) electrons. The van der Waals surface area contributed by atoms with Crippen LogP contribution >= 0.6 is 0 Å². The van der Waals surface area contributed by atoms with Crippen molar-refractivity contribution < 1.29 is 14.3 Å². The van der Waals surface area contributed by atoms with Crippen LogP contribution in [0.1, 0.15) is 22.5 Å². The maximum atomic E-state index is 12.3. The monoisotopic (exact) mass is 350 g/mol. The molecule has 0 aliphatic heterocycles. The first kappa shape index (κ1) is 17.4. The number of methoxy groups -OCH3 is 2. The van der Waals surface area contributed by atoms with Gasteiger partial charge in [0.1, 0.15) is 5.75 Å². The van der Waals surface area contributed by atoms with Gasteiger partial charge in [-0.2, -0.15) is 10.4 Å². The number of aromatic nitrogens is 3. The first-order chi connectivity index (χ1) is 12.6. The molecule has 0 aliphatic carbocycles. The van der Waals surface area contributed by atoms with Gasteiger partial charge in [-0.1, -0.05) is 0 Å². The highest BCUT2D eigenvalue weighted by Gasteiger charge is 2.20. The van der Waals surface area contributed by atoms with Crippen LogP contribution in [0.5, 0.6) is 5.75 Å². The number of nitriles is 1. The lowest BCUT2D eigenvalue weighted by molar-refractivity contribution is 0.0603. The van der Waals surface area contributed by atoms with Crippen molar-refractivity contribution in [1.29, 1.82) is 5.26 Å². The number of carbonyl (C=O) groups excluding carboxylic acids is 1. The molecule has 0 aliphatic rings. The number of fused-ring (bicyclic) bond motifs is 1. The van der Waals surface area contributed by atoms with Gasteiger partial charge in [0.25, 0.3) is 0 Å². The van der Waals surface area contributed by atoms with Gasteiger partial charge in [0, 0.05) is 5.56 Å². The number of aryl methyl sites for hydroxylation is 2. The summed E-state index contributed by atoms with van der Waals surface area (Å²) in [5, 5.41) is 14.0. The van der Waals surface area contributed by atoms with E-state index in [0.717, 1.165) is 11.3 Å². The minimum atomic E-state index is -0.449. The fourth-order valence-electron chi connectivity index (χ4n) is 2.85. The standard InChI is InChI=1S/C19H18N4O3/c1-12-17-15(19(24)26-3)11-16(13-5-7-14(25-2)8-6-13)21-18(17)23(22-12)10-4-9-20/h5-8,11H,4,10H2,1-3H3. The number of nitrogens with zero attached hydrogens (tertiary/aromatic N) is 4. The van der Waals surface area contributed by atoms with Crippen molar-refractivity contribution in [2.45, 2.75) is 19.9 Å². The van der Waals surface area contributed by atoms with E-state index in [2.05, 4.69) is 11.2 Å². The second-order valence-electron chi connectivity index (χ2n) is 5.69. The van der Waals surface area contributed by atoms with Gasteiger partial charge in [0.05, 0.1) is 55.6 Å². The number of pyridine rings is 1. The van der Waals surface area contributed by atoms with Gasteiger partial charge in [-0.3, -0.25) is 0 Å². The summed E-state index contributed by atoms with van der Waals surface area (Å²) in [5.74, 6) is 0.285. The first-order valence-corrected chi connectivity index (χ1v) is 8.07. The van der Waals surface area contributed by atoms with Crippen molar-refractivity contribution >= 4 is 17.0 Å². The van der Waals surface area contributed by atoms with E-state index in [1.165, 1.54) is 7.11 Å². The Morgan fingerprint density at radius 2 is 2.00 bits per heavy atom. The number of carbonyl (C=O) groups is 1. The molecular weight excluding hydrogens is 332 g/mol. The number of ether oxygens (including phenoxy) is 2. The molecule has 3 aromatic rings. The van der Waals surface area contributed by atoms with Crippen molar-refractivity contribution in [3.05, 3.63) is 41.6 Å². The van der Waals surface area contributed by atoms with Crippen LogP contribution in [0.15, 0.2) is 30.3 Å². The normalized spacial score (nSPS) is 10.5. The van der Waals surface area contributed by atoms with Crippen LogP contribution in [0.4, 0.5) is 0 Å². The topological polar surface area (TPSA) is 90.0 Å². The lowest BCUT2D eigenvalue weighted by Crippen LogP contribution is -2.05. The summed E-state index contributed by atoms with van der Waals surface area (Å²) in [7, 11) is 2.95. The van der Waals surface area contributed by atoms with Crippen LogP contribution in [0.25, 0.3) is 22.3 Å². The summed E-state index contributed by atoms with van der Waals surface area (Å²) in [6, 6.07) is 11.2. The SMILES string of the molecule is COC(=O)c1cc(-c2ccc(OC)cc2)nc2c1c(C)nn2CCC#N. The highest BCUT2D eigenvalue weighted by Crippen LogP contribution is 2.28. The third kappa shape index (κ3) is 3.09. The maximum Gasteiger partial charge on any atom is 0.338 e. The molecule has 0 unspecified atom stereocenters. The fourth-order valence-corrected chi connectivity index (χ4v) is 2.85. The number of benzene rings is 1. The van der Waals surface area contributed by atoms with E-state index >= 15 is 0 Å². The summed E-state index contributed by atoms with van der Waals surface area (Å²) in [6.45, 7) is 2.22. The average Bonchev–Trinajstić information content (AvgIpc) is 3.00. The minimum Gasteiger partial charge on any atom is -0.497 e. The fraction of sp³-hybridized carbons (Fsp3) is 0.263. The quantitative estimate of drug-likeness (QED) is 0.657. The van der Waals surface area contributed by atoms with Crippen LogP contribution in [0.2, 0.25) is 0 Å². The van der Waals surface area contributed by atoms with Crippen molar-refractivity contribution in [3.63, 3.8) is 0 Å². The molecule has 1 aromatic carbocycles. The Balaban J connectivity index is 2.23. The van der Waals surface area contributed by atoms with E-state index in [9.17, 15) is 4.79 Å². The second-order valence-corrected chi connectivity index (χ2v) is 5.69. The van der Waals surface area contributed by atoms with Gasteiger partial charge in [-0.25, -0.2) is 14.5 Å². The zero-order valence-corrected chi connectivity index (χ0v) is 14.8. The number of esters is 1. The molecule has 0 bridgehead atoms. The smallest absolute Gasteiger partial charge is 0.338 e. The van der Waals surface area contributed by atoms with Crippen LogP contribution < -0.4 is 4.74 Å². The molecule has 132 valence electrons. The zero-order valence-electron chi connectivity index (χ0n) is 14.8. The third-order valence-corrected chi connectivity index (χ3v) is 4.10. The molecule has 0 fully saturated rings. The Hall–Kier alpha value is -3.40. The van der Waals surface area contributed by atoms with Crippen molar-refractivity contribution in [3.8, 4) is 23.1 Å². The number of hydrogen-bond donors (Lipinski definition) is 0. The maximum absolute atomic E-state index is 12.3. The van der Waals surface area contributed by atoms with E-state index in [1.54, 1.807) is 17.9 Å². The molecule has 2 heterocycles. The van der Waals surface area contributed by atoms with Gasteiger partial charge in [0.2, 0.25) is 0 Å². The lowest BCUT2D eigenvalue weighted by Gasteiger charge is -2.08. The minimum absolute atomic E-state index is 0.304. The molecule has 0 saturated heterocycles. The molecular formula is C19H18N4O3. The van der Waals surface area contributed by atoms with E-state index in [4.69, 9.17) is 19.7 Å². The second kappa shape index (κ2) is 7.23. The summed E-state index contributed by atoms with van der Waals surface area (Å²) >= 11 is 0. The third-order valence-electron chi connectivity index (χ3n) is 4.10. The summed E-state index contributed by atoms with van der Waals surface area (Å²) < 4.78 is 11.8. The molecule has 0 spiro atoms. The molecule has 7 heteroatoms. The van der Waals surface area contributed by atoms with E-state index in [1.807, 2.05) is 31.2 Å². The van der Waals surface area contributed by atoms with Crippen molar-refractivity contribution in [2.75, 3.05) is 14.2 Å². The average molecular weight is 350 g/mol. The van der Waals surface area contributed by atoms with E-state index in [0.29, 0.717) is 41.0 Å². The molecule has 0 atom stereocenters. The highest BCUT2D eigenvalue weighted by molar-refractivity contribution is 6.04. The molecule has 3 rings (SSSR count). The van der Waals surface area contributed by atoms with Gasteiger partial charge in [-0.05, 0) is 37.3 Å². The van der Waals surface area contributed by atoms with E-state index < -0.39 is 5.97 Å². The van der Waals surface area contributed by atoms with Crippen molar-refractivity contribution in [2.24, 2.45) is 0 Å². The predicted octanol–water partition coefficient (Wildman–Crippen LogP) is 3.12. The van der Waals surface area contributed by atoms with Gasteiger partial charge < -0.3 is 9.47 Å². The molecule has 7 nitrogen and oxygen atoms in total. The summed E-state index contributed by atoms with van der Waals surface area (Å²) in [4.78, 5) is 17.0. The molecule has 2 aromatic heterocycles. The summed E-state index contributed by atoms with van der Waals surface area (Å²) in [6.07, 6.45) is 0.304. The van der Waals surface area contributed by atoms with Crippen LogP contribution in [-0.4, -0.2) is 35.0 Å². The first-order valence-electron chi connectivity index (χ1n) is 8.07. The Morgan fingerprint density at radius 1 is 1.27 bits per heavy atom. The Bertz CT molecular complexity index is 1000. The zero-order chi connectivity index (χ0) is 18.7. The number of rotatable bonds is 5. The molecule has 26 heavy (non-hydrogen) atoms. The van der Waals surface area contributed by atoms with Crippen molar-refractivity contribution in [1.82, 2.24) is 14.8 Å². The van der Waals surface area contributed by atoms with E-state index in [-0.39, 0.29) is 0 Å². The Morgan fingerprint density at radius 3 is 2.62 bits per heavy atom. The predicted molar refractivity (Wildman–Crippen MR) is 95.8 cm³/mol. The largest absolute Gasteiger partial charge is 0.497 e. The molecule has 0 N–H and O–H groups in total. The van der Waals surface area contributed by atoms with Gasteiger partial charge in [-0.15, -0.1) is 0 Å². The van der Waals surface area contributed by atoms with Gasteiger partial charge in [0.15, 0.2) is 5.65 Å². The highest BCUT2D eigenvalue weighted by atomic mass is 16.5. The number of hydrogen-bond acceptors (Lipinski definition) is 6. The van der Waals surface area contributed by atoms with Crippen LogP contribution in [0.3, 0.4) is 0 Å². The lowest BCUT2D eigenvalue weighted by atomic mass is 10.1. The Kier molecular flexibility index (Phi) is 4.85. The van der Waals surface area contributed by atoms with Gasteiger partial charge >= 0.3 is 5.97 Å². The summed E-state index contributed by atoms with van der Waals surface area (Å²) in [5.41, 5.74) is 3.10. The van der Waals surface area contributed by atoms with Crippen LogP contribution in [-0.2, 0) is 11.3 Å². The Labute approximate surface area is 150 Å².